The predicted octanol–water partition coefficient (Wildman–Crippen LogP) is 0.106. The van der Waals surface area contributed by atoms with E-state index >= 15 is 0 Å². The van der Waals surface area contributed by atoms with Gasteiger partial charge in [0.25, 0.3) is 5.91 Å². The number of rotatable bonds is 3. The fraction of sp³-hybridized carbons (Fsp3) is 0.583. The van der Waals surface area contributed by atoms with Gasteiger partial charge in [0.1, 0.15) is 10.8 Å². The van der Waals surface area contributed by atoms with Crippen molar-refractivity contribution in [3.8, 4) is 0 Å². The highest BCUT2D eigenvalue weighted by molar-refractivity contribution is 6.29. The van der Waals surface area contributed by atoms with E-state index in [1.807, 2.05) is 0 Å². The van der Waals surface area contributed by atoms with E-state index in [2.05, 4.69) is 39.2 Å². The molecule has 0 radical (unpaired) electrons. The third-order valence-corrected chi connectivity index (χ3v) is 3.50. The fourth-order valence-electron chi connectivity index (χ4n) is 2.07. The minimum atomic E-state index is -0.239. The summed E-state index contributed by atoms with van der Waals surface area (Å²) < 4.78 is 0. The van der Waals surface area contributed by atoms with Crippen LogP contribution in [-0.4, -0.2) is 72.0 Å². The van der Waals surface area contributed by atoms with E-state index < -0.39 is 0 Å². The molecule has 1 fully saturated rings. The Labute approximate surface area is 117 Å². The maximum Gasteiger partial charge on any atom is 0.271 e. The summed E-state index contributed by atoms with van der Waals surface area (Å²) in [5, 5.41) is 3.10. The first-order valence-corrected chi connectivity index (χ1v) is 6.58. The molecule has 1 aliphatic rings. The number of hydrogen-bond donors (Lipinski definition) is 1. The van der Waals surface area contributed by atoms with Crippen molar-refractivity contribution in [3.05, 3.63) is 23.2 Å². The van der Waals surface area contributed by atoms with Crippen molar-refractivity contribution in [2.24, 2.45) is 0 Å². The Bertz CT molecular complexity index is 456. The molecule has 1 atom stereocenters. The summed E-state index contributed by atoms with van der Waals surface area (Å²) in [6, 6.07) is 0.315. The SMILES string of the molecule is CN1CCN(C)C(CNC(=O)c2cncc(Cl)n2)C1. The van der Waals surface area contributed by atoms with Gasteiger partial charge in [-0.05, 0) is 14.1 Å². The first-order chi connectivity index (χ1) is 9.06. The number of carbonyl (C=O) groups is 1. The van der Waals surface area contributed by atoms with E-state index in [9.17, 15) is 4.79 Å². The summed E-state index contributed by atoms with van der Waals surface area (Å²) in [4.78, 5) is 24.2. The maximum absolute atomic E-state index is 11.9. The van der Waals surface area contributed by atoms with E-state index in [0.29, 0.717) is 12.6 Å². The third-order valence-electron chi connectivity index (χ3n) is 3.32. The molecule has 0 spiro atoms. The van der Waals surface area contributed by atoms with Gasteiger partial charge in [0.2, 0.25) is 0 Å². The second-order valence-electron chi connectivity index (χ2n) is 4.83. The molecule has 1 aromatic heterocycles. The molecule has 2 heterocycles. The second-order valence-corrected chi connectivity index (χ2v) is 5.22. The zero-order valence-corrected chi connectivity index (χ0v) is 11.9. The number of halogens is 1. The van der Waals surface area contributed by atoms with Gasteiger partial charge in [-0.25, -0.2) is 4.98 Å². The van der Waals surface area contributed by atoms with Crippen molar-refractivity contribution < 1.29 is 4.79 Å². The molecule has 6 nitrogen and oxygen atoms in total. The molecule has 1 aromatic rings. The summed E-state index contributed by atoms with van der Waals surface area (Å²) in [6.45, 7) is 3.60. The van der Waals surface area contributed by atoms with Crippen LogP contribution in [0, 0.1) is 0 Å². The minimum absolute atomic E-state index is 0.224. The monoisotopic (exact) mass is 283 g/mol. The van der Waals surface area contributed by atoms with Crippen LogP contribution in [0.4, 0.5) is 0 Å². The van der Waals surface area contributed by atoms with Crippen molar-refractivity contribution in [2.75, 3.05) is 40.3 Å². The lowest BCUT2D eigenvalue weighted by Gasteiger charge is -2.37. The van der Waals surface area contributed by atoms with Crippen LogP contribution >= 0.6 is 11.6 Å². The van der Waals surface area contributed by atoms with Gasteiger partial charge in [-0.2, -0.15) is 0 Å². The van der Waals surface area contributed by atoms with Gasteiger partial charge < -0.3 is 10.2 Å². The Morgan fingerprint density at radius 3 is 3.00 bits per heavy atom. The van der Waals surface area contributed by atoms with E-state index in [4.69, 9.17) is 11.6 Å². The summed E-state index contributed by atoms with van der Waals surface area (Å²) >= 11 is 5.71. The average Bonchev–Trinajstić information content (AvgIpc) is 2.39. The number of aromatic nitrogens is 2. The standard InChI is InChI=1S/C12H18ClN5O/c1-17-3-4-18(2)9(8-17)5-15-12(19)10-6-14-7-11(13)16-10/h6-7,9H,3-5,8H2,1-2H3,(H,15,19). The average molecular weight is 284 g/mol. The summed E-state index contributed by atoms with van der Waals surface area (Å²) in [6.07, 6.45) is 2.82. The summed E-state index contributed by atoms with van der Waals surface area (Å²) in [5.74, 6) is -0.239. The van der Waals surface area contributed by atoms with Crippen LogP contribution in [0.1, 0.15) is 10.5 Å². The smallest absolute Gasteiger partial charge is 0.271 e. The first kappa shape index (κ1) is 14.2. The molecular weight excluding hydrogens is 266 g/mol. The molecule has 1 aliphatic heterocycles. The number of likely N-dealkylation sites (N-methyl/N-ethyl adjacent to an activating group) is 2. The molecule has 0 aromatic carbocycles. The van der Waals surface area contributed by atoms with Gasteiger partial charge in [-0.3, -0.25) is 14.7 Å². The number of nitrogens with zero attached hydrogens (tertiary/aromatic N) is 4. The highest BCUT2D eigenvalue weighted by Crippen LogP contribution is 2.06. The number of amides is 1. The predicted molar refractivity (Wildman–Crippen MR) is 73.3 cm³/mol. The number of nitrogens with one attached hydrogen (secondary N) is 1. The summed E-state index contributed by atoms with van der Waals surface area (Å²) in [7, 11) is 4.16. The van der Waals surface area contributed by atoms with Gasteiger partial charge >= 0.3 is 0 Å². The molecule has 0 aliphatic carbocycles. The molecule has 7 heteroatoms. The van der Waals surface area contributed by atoms with Gasteiger partial charge in [0, 0.05) is 32.2 Å². The van der Waals surface area contributed by atoms with Crippen molar-refractivity contribution in [3.63, 3.8) is 0 Å². The zero-order chi connectivity index (χ0) is 13.8. The Morgan fingerprint density at radius 2 is 2.26 bits per heavy atom. The highest BCUT2D eigenvalue weighted by Gasteiger charge is 2.22. The largest absolute Gasteiger partial charge is 0.349 e. The molecule has 1 saturated heterocycles. The number of carbonyl (C=O) groups excluding carboxylic acids is 1. The molecular formula is C12H18ClN5O. The topological polar surface area (TPSA) is 61.4 Å². The van der Waals surface area contributed by atoms with Crippen LogP contribution < -0.4 is 5.32 Å². The van der Waals surface area contributed by atoms with Crippen LogP contribution in [-0.2, 0) is 0 Å². The molecule has 1 N–H and O–H groups in total. The van der Waals surface area contributed by atoms with Gasteiger partial charge in [0.05, 0.1) is 12.4 Å². The lowest BCUT2D eigenvalue weighted by molar-refractivity contribution is 0.0876. The van der Waals surface area contributed by atoms with E-state index in [0.717, 1.165) is 19.6 Å². The fourth-order valence-corrected chi connectivity index (χ4v) is 2.22. The Morgan fingerprint density at radius 1 is 1.47 bits per heavy atom. The molecule has 2 rings (SSSR count). The van der Waals surface area contributed by atoms with Crippen molar-refractivity contribution in [2.45, 2.75) is 6.04 Å². The third kappa shape index (κ3) is 3.86. The van der Waals surface area contributed by atoms with Crippen LogP contribution in [0.15, 0.2) is 12.4 Å². The maximum atomic E-state index is 11.9. The van der Waals surface area contributed by atoms with Crippen molar-refractivity contribution in [1.82, 2.24) is 25.1 Å². The van der Waals surface area contributed by atoms with E-state index in [-0.39, 0.29) is 16.8 Å². The van der Waals surface area contributed by atoms with E-state index in [1.54, 1.807) is 0 Å². The lowest BCUT2D eigenvalue weighted by atomic mass is 10.2. The molecule has 0 saturated carbocycles. The molecule has 104 valence electrons. The van der Waals surface area contributed by atoms with Gasteiger partial charge in [-0.1, -0.05) is 11.6 Å². The normalized spacial score (nSPS) is 21.3. The zero-order valence-electron chi connectivity index (χ0n) is 11.1. The van der Waals surface area contributed by atoms with E-state index in [1.165, 1.54) is 12.4 Å². The Balaban J connectivity index is 1.89. The lowest BCUT2D eigenvalue weighted by Crippen LogP contribution is -2.54. The van der Waals surface area contributed by atoms with Crippen molar-refractivity contribution in [1.29, 1.82) is 0 Å². The number of piperazine rings is 1. The molecule has 0 bridgehead atoms. The van der Waals surface area contributed by atoms with Crippen LogP contribution in [0.5, 0.6) is 0 Å². The second kappa shape index (κ2) is 6.27. The highest BCUT2D eigenvalue weighted by atomic mass is 35.5. The quantitative estimate of drug-likeness (QED) is 0.853. The Kier molecular flexibility index (Phi) is 4.68. The van der Waals surface area contributed by atoms with Crippen LogP contribution in [0.3, 0.4) is 0 Å². The molecule has 1 unspecified atom stereocenters. The van der Waals surface area contributed by atoms with Gasteiger partial charge in [0.15, 0.2) is 0 Å². The Hall–Kier alpha value is -1.24. The molecule has 1 amide bonds. The minimum Gasteiger partial charge on any atom is -0.349 e. The molecule has 19 heavy (non-hydrogen) atoms. The van der Waals surface area contributed by atoms with Crippen LogP contribution in [0.2, 0.25) is 5.15 Å². The summed E-state index contributed by atoms with van der Waals surface area (Å²) in [5.41, 5.74) is 0.249. The van der Waals surface area contributed by atoms with Gasteiger partial charge in [-0.15, -0.1) is 0 Å². The first-order valence-electron chi connectivity index (χ1n) is 6.21. The van der Waals surface area contributed by atoms with Crippen LogP contribution in [0.25, 0.3) is 0 Å². The van der Waals surface area contributed by atoms with Crippen molar-refractivity contribution >= 4 is 17.5 Å². The number of hydrogen-bond acceptors (Lipinski definition) is 5.